The predicted molar refractivity (Wildman–Crippen MR) is 78.4 cm³/mol. The van der Waals surface area contributed by atoms with Crippen molar-refractivity contribution in [3.05, 3.63) is 35.0 Å². The Labute approximate surface area is 122 Å². The molecular formula is C14H18N6O. The second-order valence-electron chi connectivity index (χ2n) is 5.25. The molecular weight excluding hydrogens is 268 g/mol. The quantitative estimate of drug-likeness (QED) is 0.792. The van der Waals surface area contributed by atoms with E-state index in [1.54, 1.807) is 0 Å². The molecule has 3 heterocycles. The number of aromatic nitrogens is 5. The summed E-state index contributed by atoms with van der Waals surface area (Å²) in [4.78, 5) is 4.25. The van der Waals surface area contributed by atoms with Crippen molar-refractivity contribution in [3.8, 4) is 0 Å². The Morgan fingerprint density at radius 3 is 2.76 bits per heavy atom. The zero-order valence-corrected chi connectivity index (χ0v) is 12.6. The Kier molecular flexibility index (Phi) is 3.32. The molecule has 0 aliphatic rings. The maximum absolute atomic E-state index is 5.21. The lowest BCUT2D eigenvalue weighted by atomic mass is 10.00. The highest BCUT2D eigenvalue weighted by molar-refractivity contribution is 5.43. The molecule has 0 radical (unpaired) electrons. The summed E-state index contributed by atoms with van der Waals surface area (Å²) >= 11 is 0. The molecule has 7 nitrogen and oxygen atoms in total. The Hall–Kier alpha value is -2.44. The highest BCUT2D eigenvalue weighted by Crippen LogP contribution is 2.23. The molecule has 0 spiro atoms. The van der Waals surface area contributed by atoms with Crippen LogP contribution in [-0.4, -0.2) is 31.5 Å². The minimum Gasteiger partial charge on any atom is -0.368 e. The van der Waals surface area contributed by atoms with Crippen LogP contribution < -0.4 is 5.32 Å². The van der Waals surface area contributed by atoms with Crippen molar-refractivity contribution < 1.29 is 4.52 Å². The first kappa shape index (κ1) is 13.5. The van der Waals surface area contributed by atoms with Crippen LogP contribution >= 0.6 is 0 Å². The number of aryl methyl sites for hydroxylation is 3. The third-order valence-electron chi connectivity index (χ3n) is 3.48. The van der Waals surface area contributed by atoms with Gasteiger partial charge in [0.25, 0.3) is 0 Å². The average molecular weight is 286 g/mol. The molecule has 0 amide bonds. The van der Waals surface area contributed by atoms with Crippen molar-refractivity contribution in [2.45, 2.75) is 33.6 Å². The molecule has 3 aromatic rings. The summed E-state index contributed by atoms with van der Waals surface area (Å²) in [5, 5.41) is 15.9. The van der Waals surface area contributed by atoms with Crippen LogP contribution in [0.4, 0.5) is 5.82 Å². The molecule has 21 heavy (non-hydrogen) atoms. The molecule has 0 aromatic carbocycles. The van der Waals surface area contributed by atoms with E-state index in [4.69, 9.17) is 4.52 Å². The van der Waals surface area contributed by atoms with Crippen LogP contribution in [0.25, 0.3) is 5.65 Å². The van der Waals surface area contributed by atoms with Crippen LogP contribution in [0.1, 0.15) is 35.7 Å². The van der Waals surface area contributed by atoms with Crippen LogP contribution in [0.2, 0.25) is 0 Å². The Balaban J connectivity index is 1.74. The zero-order valence-electron chi connectivity index (χ0n) is 12.6. The van der Waals surface area contributed by atoms with Gasteiger partial charge >= 0.3 is 0 Å². The topological polar surface area (TPSA) is 81.1 Å². The maximum Gasteiger partial charge on any atom is 0.176 e. The number of hydrogen-bond donors (Lipinski definition) is 1. The van der Waals surface area contributed by atoms with Crippen LogP contribution in [0, 0.1) is 20.8 Å². The first-order valence-electron chi connectivity index (χ1n) is 6.92. The van der Waals surface area contributed by atoms with Crippen LogP contribution in [-0.2, 0) is 0 Å². The van der Waals surface area contributed by atoms with Gasteiger partial charge in [-0.05, 0) is 32.9 Å². The third-order valence-corrected chi connectivity index (χ3v) is 3.48. The van der Waals surface area contributed by atoms with Gasteiger partial charge in [0.1, 0.15) is 17.4 Å². The van der Waals surface area contributed by atoms with Crippen molar-refractivity contribution in [1.29, 1.82) is 0 Å². The molecule has 0 aliphatic heterocycles. The van der Waals surface area contributed by atoms with Gasteiger partial charge in [-0.25, -0.2) is 4.98 Å². The Morgan fingerprint density at radius 2 is 2.05 bits per heavy atom. The number of anilines is 1. The average Bonchev–Trinajstić information content (AvgIpc) is 2.97. The first-order chi connectivity index (χ1) is 10.0. The van der Waals surface area contributed by atoms with Crippen LogP contribution in [0.5, 0.6) is 0 Å². The molecule has 1 N–H and O–H groups in total. The van der Waals surface area contributed by atoms with Gasteiger partial charge < -0.3 is 9.84 Å². The lowest BCUT2D eigenvalue weighted by molar-refractivity contribution is 0.391. The molecule has 3 rings (SSSR count). The lowest BCUT2D eigenvalue weighted by Gasteiger charge is -2.12. The first-order valence-corrected chi connectivity index (χ1v) is 6.92. The van der Waals surface area contributed by atoms with Gasteiger partial charge in [0.05, 0.1) is 5.69 Å². The van der Waals surface area contributed by atoms with Crippen molar-refractivity contribution in [1.82, 2.24) is 25.0 Å². The number of nitrogens with zero attached hydrogens (tertiary/aromatic N) is 5. The van der Waals surface area contributed by atoms with E-state index in [9.17, 15) is 0 Å². The molecule has 110 valence electrons. The maximum atomic E-state index is 5.21. The van der Waals surface area contributed by atoms with Gasteiger partial charge in [0, 0.05) is 18.0 Å². The van der Waals surface area contributed by atoms with E-state index in [-0.39, 0.29) is 5.92 Å². The molecule has 1 atom stereocenters. The summed E-state index contributed by atoms with van der Waals surface area (Å²) in [6.07, 6.45) is 0. The van der Waals surface area contributed by atoms with Crippen molar-refractivity contribution >= 4 is 11.5 Å². The molecule has 0 bridgehead atoms. The fourth-order valence-corrected chi connectivity index (χ4v) is 2.54. The molecule has 0 aliphatic carbocycles. The van der Waals surface area contributed by atoms with E-state index in [2.05, 4.69) is 32.6 Å². The van der Waals surface area contributed by atoms with Crippen molar-refractivity contribution in [2.75, 3.05) is 11.9 Å². The summed E-state index contributed by atoms with van der Waals surface area (Å²) in [5.74, 6) is 2.64. The van der Waals surface area contributed by atoms with E-state index < -0.39 is 0 Å². The Morgan fingerprint density at radius 1 is 1.24 bits per heavy atom. The fraction of sp³-hybridized carbons (Fsp3) is 0.429. The van der Waals surface area contributed by atoms with Crippen LogP contribution in [0.15, 0.2) is 16.7 Å². The van der Waals surface area contributed by atoms with E-state index in [1.807, 2.05) is 32.9 Å². The van der Waals surface area contributed by atoms with Gasteiger partial charge in [-0.1, -0.05) is 12.1 Å². The Bertz CT molecular complexity index is 755. The standard InChI is InChI=1S/C14H18N6O/c1-8(14-9(2)19-21-10(14)3)7-15-12-5-6-13-16-11(4)17-20(13)18-12/h5-6,8H,7H2,1-4H3,(H,15,18)/t8-/m1/s1. The fourth-order valence-electron chi connectivity index (χ4n) is 2.54. The van der Waals surface area contributed by atoms with E-state index in [1.165, 1.54) is 4.63 Å². The second-order valence-corrected chi connectivity index (χ2v) is 5.25. The number of hydrogen-bond acceptors (Lipinski definition) is 6. The molecule has 0 saturated carbocycles. The van der Waals surface area contributed by atoms with Gasteiger partial charge in [0.2, 0.25) is 0 Å². The molecule has 0 saturated heterocycles. The second kappa shape index (κ2) is 5.16. The largest absolute Gasteiger partial charge is 0.368 e. The van der Waals surface area contributed by atoms with Gasteiger partial charge in [-0.15, -0.1) is 14.8 Å². The van der Waals surface area contributed by atoms with Gasteiger partial charge in [0.15, 0.2) is 5.65 Å². The predicted octanol–water partition coefficient (Wildman–Crippen LogP) is 2.25. The summed E-state index contributed by atoms with van der Waals surface area (Å²) in [5.41, 5.74) is 2.84. The normalized spacial score (nSPS) is 12.8. The molecule has 0 fully saturated rings. The van der Waals surface area contributed by atoms with Gasteiger partial charge in [-0.3, -0.25) is 0 Å². The molecule has 3 aromatic heterocycles. The number of nitrogens with one attached hydrogen (secondary N) is 1. The molecule has 0 unspecified atom stereocenters. The summed E-state index contributed by atoms with van der Waals surface area (Å²) in [6, 6.07) is 3.80. The van der Waals surface area contributed by atoms with Crippen LogP contribution in [0.3, 0.4) is 0 Å². The summed E-state index contributed by atoms with van der Waals surface area (Å²) < 4.78 is 6.75. The highest BCUT2D eigenvalue weighted by atomic mass is 16.5. The van der Waals surface area contributed by atoms with Crippen molar-refractivity contribution in [2.24, 2.45) is 0 Å². The SMILES string of the molecule is Cc1nc2ccc(NC[C@@H](C)c3c(C)noc3C)nn2n1. The summed E-state index contributed by atoms with van der Waals surface area (Å²) in [6.45, 7) is 8.63. The van der Waals surface area contributed by atoms with Gasteiger partial charge in [-0.2, -0.15) is 0 Å². The number of fused-ring (bicyclic) bond motifs is 1. The monoisotopic (exact) mass is 286 g/mol. The van der Waals surface area contributed by atoms with E-state index in [0.717, 1.165) is 35.0 Å². The minimum atomic E-state index is 0.284. The van der Waals surface area contributed by atoms with E-state index in [0.29, 0.717) is 5.82 Å². The molecule has 7 heteroatoms. The smallest absolute Gasteiger partial charge is 0.176 e. The highest BCUT2D eigenvalue weighted by Gasteiger charge is 2.16. The minimum absolute atomic E-state index is 0.284. The lowest BCUT2D eigenvalue weighted by Crippen LogP contribution is -2.13. The zero-order chi connectivity index (χ0) is 15.0. The third kappa shape index (κ3) is 2.58. The summed E-state index contributed by atoms with van der Waals surface area (Å²) in [7, 11) is 0. The van der Waals surface area contributed by atoms with Crippen molar-refractivity contribution in [3.63, 3.8) is 0 Å². The van der Waals surface area contributed by atoms with E-state index >= 15 is 0 Å². The number of rotatable bonds is 4.